The van der Waals surface area contributed by atoms with Crippen molar-refractivity contribution >= 4 is 17.5 Å². The molecule has 3 rings (SSSR count). The summed E-state index contributed by atoms with van der Waals surface area (Å²) in [5.41, 5.74) is 1.65. The third kappa shape index (κ3) is 3.87. The van der Waals surface area contributed by atoms with Crippen molar-refractivity contribution < 1.29 is 14.6 Å². The number of benzene rings is 2. The Morgan fingerprint density at radius 2 is 2.08 bits per heavy atom. The molecule has 0 radical (unpaired) electrons. The molecule has 0 aliphatic heterocycles. The molecular weight excluding hydrogens is 354 g/mol. The Morgan fingerprint density at radius 3 is 2.81 bits per heavy atom. The number of aliphatic hydroxyl groups excluding tert-OH is 1. The second-order valence-corrected chi connectivity index (χ2v) is 5.99. The van der Waals surface area contributed by atoms with Crippen molar-refractivity contribution in [3.8, 4) is 11.4 Å². The molecule has 0 aliphatic carbocycles. The number of hydrogen-bond acceptors (Lipinski definition) is 4. The van der Waals surface area contributed by atoms with E-state index in [-0.39, 0.29) is 12.3 Å². The van der Waals surface area contributed by atoms with Gasteiger partial charge in [0.2, 0.25) is 0 Å². The van der Waals surface area contributed by atoms with Crippen molar-refractivity contribution in [2.24, 2.45) is 0 Å². The van der Waals surface area contributed by atoms with Crippen molar-refractivity contribution in [3.63, 3.8) is 0 Å². The number of ether oxygens (including phenoxy) is 1. The molecule has 1 aromatic heterocycles. The van der Waals surface area contributed by atoms with Gasteiger partial charge in [-0.05, 0) is 35.9 Å². The average molecular weight is 372 g/mol. The van der Waals surface area contributed by atoms with E-state index in [1.54, 1.807) is 43.6 Å². The number of nitrogens with one attached hydrogen (secondary N) is 1. The van der Waals surface area contributed by atoms with Crippen LogP contribution in [0.15, 0.2) is 60.8 Å². The largest absolute Gasteiger partial charge is 0.497 e. The van der Waals surface area contributed by atoms with Crippen LogP contribution in [-0.2, 0) is 0 Å². The van der Waals surface area contributed by atoms with Gasteiger partial charge in [-0.2, -0.15) is 5.10 Å². The highest BCUT2D eigenvalue weighted by atomic mass is 35.5. The van der Waals surface area contributed by atoms with E-state index in [4.69, 9.17) is 16.3 Å². The van der Waals surface area contributed by atoms with E-state index in [0.29, 0.717) is 16.5 Å². The van der Waals surface area contributed by atoms with Gasteiger partial charge in [0.05, 0.1) is 30.5 Å². The molecule has 26 heavy (non-hydrogen) atoms. The lowest BCUT2D eigenvalue weighted by Crippen LogP contribution is -2.31. The molecule has 0 fully saturated rings. The van der Waals surface area contributed by atoms with Crippen LogP contribution in [0, 0.1) is 0 Å². The highest BCUT2D eigenvalue weighted by Crippen LogP contribution is 2.21. The maximum Gasteiger partial charge on any atom is 0.272 e. The molecule has 0 saturated heterocycles. The molecule has 0 saturated carbocycles. The van der Waals surface area contributed by atoms with Crippen LogP contribution < -0.4 is 10.1 Å². The van der Waals surface area contributed by atoms with E-state index < -0.39 is 11.9 Å². The van der Waals surface area contributed by atoms with Gasteiger partial charge in [-0.25, -0.2) is 4.68 Å². The Kier molecular flexibility index (Phi) is 5.55. The molecule has 2 aromatic carbocycles. The van der Waals surface area contributed by atoms with E-state index in [1.807, 2.05) is 24.3 Å². The summed E-state index contributed by atoms with van der Waals surface area (Å²) >= 11 is 6.16. The first-order chi connectivity index (χ1) is 12.6. The summed E-state index contributed by atoms with van der Waals surface area (Å²) in [6.07, 6.45) is 1.66. The van der Waals surface area contributed by atoms with Crippen LogP contribution in [0.4, 0.5) is 0 Å². The van der Waals surface area contributed by atoms with E-state index in [2.05, 4.69) is 10.4 Å². The SMILES string of the molecule is COc1cccc(C(CO)NC(=O)c2ccn(-c3ccccc3Cl)n2)c1. The van der Waals surface area contributed by atoms with Crippen LogP contribution in [0.25, 0.3) is 5.69 Å². The normalized spacial score (nSPS) is 11.8. The van der Waals surface area contributed by atoms with Crippen molar-refractivity contribution in [1.82, 2.24) is 15.1 Å². The van der Waals surface area contributed by atoms with E-state index in [0.717, 1.165) is 5.56 Å². The highest BCUT2D eigenvalue weighted by molar-refractivity contribution is 6.32. The second-order valence-electron chi connectivity index (χ2n) is 5.58. The molecule has 0 bridgehead atoms. The Bertz CT molecular complexity index is 910. The molecule has 134 valence electrons. The number of aliphatic hydroxyl groups is 1. The zero-order valence-electron chi connectivity index (χ0n) is 14.1. The van der Waals surface area contributed by atoms with E-state index >= 15 is 0 Å². The number of rotatable bonds is 6. The summed E-state index contributed by atoms with van der Waals surface area (Å²) in [6, 6.07) is 15.4. The first-order valence-electron chi connectivity index (χ1n) is 7.98. The quantitative estimate of drug-likeness (QED) is 0.698. The predicted octanol–water partition coefficient (Wildman–Crippen LogP) is 3.00. The molecule has 0 spiro atoms. The van der Waals surface area contributed by atoms with Crippen molar-refractivity contribution in [2.75, 3.05) is 13.7 Å². The molecule has 1 atom stereocenters. The Morgan fingerprint density at radius 1 is 1.27 bits per heavy atom. The number of halogens is 1. The van der Waals surface area contributed by atoms with Gasteiger partial charge in [0, 0.05) is 6.20 Å². The number of para-hydroxylation sites is 1. The summed E-state index contributed by atoms with van der Waals surface area (Å²) in [6.45, 7) is -0.246. The molecule has 1 unspecified atom stereocenters. The lowest BCUT2D eigenvalue weighted by molar-refractivity contribution is 0.0910. The van der Waals surface area contributed by atoms with Crippen molar-refractivity contribution in [1.29, 1.82) is 0 Å². The summed E-state index contributed by atoms with van der Waals surface area (Å²) in [5, 5.41) is 17.2. The summed E-state index contributed by atoms with van der Waals surface area (Å²) in [4.78, 5) is 12.5. The fourth-order valence-electron chi connectivity index (χ4n) is 2.54. The van der Waals surface area contributed by atoms with Gasteiger partial charge in [0.1, 0.15) is 5.75 Å². The molecule has 0 aliphatic rings. The fraction of sp³-hybridized carbons (Fsp3) is 0.158. The molecule has 2 N–H and O–H groups in total. The highest BCUT2D eigenvalue weighted by Gasteiger charge is 2.18. The molecule has 7 heteroatoms. The average Bonchev–Trinajstić information content (AvgIpc) is 3.16. The van der Waals surface area contributed by atoms with Gasteiger partial charge in [-0.3, -0.25) is 4.79 Å². The number of nitrogens with zero attached hydrogens (tertiary/aromatic N) is 2. The van der Waals surface area contributed by atoms with Gasteiger partial charge in [0.25, 0.3) is 5.91 Å². The predicted molar refractivity (Wildman–Crippen MR) is 98.9 cm³/mol. The number of hydrogen-bond donors (Lipinski definition) is 2. The second kappa shape index (κ2) is 8.03. The van der Waals surface area contributed by atoms with Gasteiger partial charge in [-0.1, -0.05) is 35.9 Å². The fourth-order valence-corrected chi connectivity index (χ4v) is 2.76. The molecule has 6 nitrogen and oxygen atoms in total. The Labute approximate surface area is 156 Å². The maximum absolute atomic E-state index is 12.5. The standard InChI is InChI=1S/C19H18ClN3O3/c1-26-14-6-4-5-13(11-14)17(12-24)21-19(25)16-9-10-23(22-16)18-8-3-2-7-15(18)20/h2-11,17,24H,12H2,1H3,(H,21,25). The van der Waals surface area contributed by atoms with Crippen LogP contribution in [-0.4, -0.2) is 34.5 Å². The van der Waals surface area contributed by atoms with Gasteiger partial charge in [-0.15, -0.1) is 0 Å². The van der Waals surface area contributed by atoms with Gasteiger partial charge in [0.15, 0.2) is 5.69 Å². The molecule has 1 heterocycles. The maximum atomic E-state index is 12.5. The Hall–Kier alpha value is -2.83. The van der Waals surface area contributed by atoms with E-state index in [9.17, 15) is 9.90 Å². The first kappa shape index (κ1) is 18.0. The minimum absolute atomic E-state index is 0.228. The van der Waals surface area contributed by atoms with Crippen LogP contribution in [0.5, 0.6) is 5.75 Å². The van der Waals surface area contributed by atoms with Gasteiger partial charge >= 0.3 is 0 Å². The van der Waals surface area contributed by atoms with Gasteiger partial charge < -0.3 is 15.2 Å². The molecule has 1 amide bonds. The number of amides is 1. The molecule has 3 aromatic rings. The van der Waals surface area contributed by atoms with Crippen LogP contribution in [0.1, 0.15) is 22.1 Å². The Balaban J connectivity index is 1.78. The number of carbonyl (C=O) groups is 1. The third-order valence-electron chi connectivity index (χ3n) is 3.91. The van der Waals surface area contributed by atoms with Crippen molar-refractivity contribution in [3.05, 3.63) is 77.1 Å². The minimum atomic E-state index is -0.567. The van der Waals surface area contributed by atoms with Crippen LogP contribution in [0.2, 0.25) is 5.02 Å². The first-order valence-corrected chi connectivity index (χ1v) is 8.36. The monoisotopic (exact) mass is 371 g/mol. The smallest absolute Gasteiger partial charge is 0.272 e. The molecular formula is C19H18ClN3O3. The zero-order chi connectivity index (χ0) is 18.5. The number of aromatic nitrogens is 2. The summed E-state index contributed by atoms with van der Waals surface area (Å²) in [7, 11) is 1.56. The minimum Gasteiger partial charge on any atom is -0.497 e. The topological polar surface area (TPSA) is 76.4 Å². The van der Waals surface area contributed by atoms with Crippen molar-refractivity contribution in [2.45, 2.75) is 6.04 Å². The zero-order valence-corrected chi connectivity index (χ0v) is 14.8. The van der Waals surface area contributed by atoms with E-state index in [1.165, 1.54) is 4.68 Å². The summed E-state index contributed by atoms with van der Waals surface area (Å²) < 4.78 is 6.72. The number of carbonyl (C=O) groups excluding carboxylic acids is 1. The lowest BCUT2D eigenvalue weighted by Gasteiger charge is -2.16. The summed E-state index contributed by atoms with van der Waals surface area (Å²) in [5.74, 6) is 0.260. The number of methoxy groups -OCH3 is 1. The lowest BCUT2D eigenvalue weighted by atomic mass is 10.1. The van der Waals surface area contributed by atoms with Crippen LogP contribution >= 0.6 is 11.6 Å². The van der Waals surface area contributed by atoms with Crippen LogP contribution in [0.3, 0.4) is 0 Å². The third-order valence-corrected chi connectivity index (χ3v) is 4.22.